The molecule has 0 aliphatic heterocycles. The molecule has 0 saturated carbocycles. The number of aryl methyl sites for hydroxylation is 2. The van der Waals surface area contributed by atoms with Gasteiger partial charge in [0.05, 0.1) is 10.0 Å². The number of carbonyl (C=O) groups is 1. The van der Waals surface area contributed by atoms with E-state index in [1.165, 1.54) is 0 Å². The third-order valence-electron chi connectivity index (χ3n) is 3.53. The molecule has 1 heterocycles. The molecule has 2 aromatic carbocycles. The number of halogens is 2. The van der Waals surface area contributed by atoms with Gasteiger partial charge in [0.2, 0.25) is 17.7 Å². The van der Waals surface area contributed by atoms with Gasteiger partial charge in [0.25, 0.3) is 0 Å². The Kier molecular flexibility index (Phi) is 5.36. The lowest BCUT2D eigenvalue weighted by Gasteiger charge is -2.05. The van der Waals surface area contributed by atoms with Crippen LogP contribution in [-0.2, 0) is 11.2 Å². The van der Waals surface area contributed by atoms with Crippen LogP contribution in [0.25, 0.3) is 11.5 Å². The Morgan fingerprint density at radius 1 is 1.08 bits per heavy atom. The van der Waals surface area contributed by atoms with Crippen LogP contribution >= 0.6 is 23.2 Å². The van der Waals surface area contributed by atoms with Gasteiger partial charge in [-0.2, -0.15) is 0 Å². The monoisotopic (exact) mass is 375 g/mol. The summed E-state index contributed by atoms with van der Waals surface area (Å²) in [5, 5.41) is 11.6. The summed E-state index contributed by atoms with van der Waals surface area (Å²) in [6, 6.07) is 12.7. The van der Waals surface area contributed by atoms with Crippen molar-refractivity contribution in [2.75, 3.05) is 5.32 Å². The van der Waals surface area contributed by atoms with E-state index in [0.717, 1.165) is 11.1 Å². The minimum Gasteiger partial charge on any atom is -0.421 e. The number of nitrogens with one attached hydrogen (secondary N) is 1. The average molecular weight is 376 g/mol. The highest BCUT2D eigenvalue weighted by Gasteiger charge is 2.11. The summed E-state index contributed by atoms with van der Waals surface area (Å²) in [5.74, 6) is 0.688. The van der Waals surface area contributed by atoms with E-state index >= 15 is 0 Å². The zero-order valence-corrected chi connectivity index (χ0v) is 14.9. The predicted molar refractivity (Wildman–Crippen MR) is 97.9 cm³/mol. The lowest BCUT2D eigenvalue weighted by molar-refractivity contribution is -0.116. The zero-order chi connectivity index (χ0) is 17.8. The van der Waals surface area contributed by atoms with Crippen molar-refractivity contribution in [3.05, 3.63) is 64.0 Å². The van der Waals surface area contributed by atoms with Gasteiger partial charge >= 0.3 is 0 Å². The number of aromatic nitrogens is 2. The highest BCUT2D eigenvalue weighted by molar-refractivity contribution is 6.42. The van der Waals surface area contributed by atoms with Crippen molar-refractivity contribution in [1.82, 2.24) is 10.2 Å². The smallest absolute Gasteiger partial charge is 0.247 e. The summed E-state index contributed by atoms with van der Waals surface area (Å²) in [6.45, 7) is 2.01. The standard InChI is InChI=1S/C18H15Cl2N3O2/c1-11-2-4-12(5-3-11)18-23-22-17(25-18)9-8-16(24)21-13-6-7-14(19)15(20)10-13/h2-7,10H,8-9H2,1H3,(H,21,24). The largest absolute Gasteiger partial charge is 0.421 e. The Morgan fingerprint density at radius 2 is 1.84 bits per heavy atom. The Balaban J connectivity index is 1.57. The number of carbonyl (C=O) groups excluding carboxylic acids is 1. The summed E-state index contributed by atoms with van der Waals surface area (Å²) in [5.41, 5.74) is 2.59. The number of nitrogens with zero attached hydrogens (tertiary/aromatic N) is 2. The van der Waals surface area contributed by atoms with Crippen LogP contribution in [-0.4, -0.2) is 16.1 Å². The van der Waals surface area contributed by atoms with Crippen molar-refractivity contribution in [3.8, 4) is 11.5 Å². The Hall–Kier alpha value is -2.37. The summed E-state index contributed by atoms with van der Waals surface area (Å²) in [7, 11) is 0. The van der Waals surface area contributed by atoms with Crippen LogP contribution < -0.4 is 5.32 Å². The van der Waals surface area contributed by atoms with Crippen LogP contribution in [0.3, 0.4) is 0 Å². The number of benzene rings is 2. The van der Waals surface area contributed by atoms with E-state index in [-0.39, 0.29) is 12.3 Å². The molecular formula is C18H15Cl2N3O2. The van der Waals surface area contributed by atoms with E-state index < -0.39 is 0 Å². The maximum absolute atomic E-state index is 12.0. The van der Waals surface area contributed by atoms with E-state index in [4.69, 9.17) is 27.6 Å². The Bertz CT molecular complexity index is 892. The van der Waals surface area contributed by atoms with Crippen LogP contribution in [0, 0.1) is 6.92 Å². The number of rotatable bonds is 5. The van der Waals surface area contributed by atoms with Crippen LogP contribution in [0.1, 0.15) is 17.9 Å². The third kappa shape index (κ3) is 4.59. The summed E-state index contributed by atoms with van der Waals surface area (Å²) in [6.07, 6.45) is 0.571. The molecule has 0 fully saturated rings. The molecule has 1 aromatic heterocycles. The molecule has 0 aliphatic carbocycles. The van der Waals surface area contributed by atoms with Gasteiger partial charge in [0, 0.05) is 24.1 Å². The van der Waals surface area contributed by atoms with Crippen molar-refractivity contribution in [3.63, 3.8) is 0 Å². The number of amides is 1. The van der Waals surface area contributed by atoms with Crippen molar-refractivity contribution >= 4 is 34.8 Å². The first-order chi connectivity index (χ1) is 12.0. The fourth-order valence-corrected chi connectivity index (χ4v) is 2.48. The maximum Gasteiger partial charge on any atom is 0.247 e. The van der Waals surface area contributed by atoms with E-state index in [2.05, 4.69) is 15.5 Å². The molecule has 3 rings (SSSR count). The minimum atomic E-state index is -0.173. The van der Waals surface area contributed by atoms with E-state index in [0.29, 0.717) is 33.9 Å². The highest BCUT2D eigenvalue weighted by Crippen LogP contribution is 2.25. The topological polar surface area (TPSA) is 68.0 Å². The van der Waals surface area contributed by atoms with Gasteiger partial charge in [0.1, 0.15) is 0 Å². The minimum absolute atomic E-state index is 0.173. The molecule has 0 aliphatic rings. The van der Waals surface area contributed by atoms with Crippen LogP contribution in [0.4, 0.5) is 5.69 Å². The Morgan fingerprint density at radius 3 is 2.56 bits per heavy atom. The van der Waals surface area contributed by atoms with Crippen LogP contribution in [0.5, 0.6) is 0 Å². The maximum atomic E-state index is 12.0. The van der Waals surface area contributed by atoms with Gasteiger partial charge < -0.3 is 9.73 Å². The molecule has 0 unspecified atom stereocenters. The second-order valence-corrected chi connectivity index (χ2v) is 6.36. The molecular weight excluding hydrogens is 361 g/mol. The highest BCUT2D eigenvalue weighted by atomic mass is 35.5. The molecule has 0 radical (unpaired) electrons. The molecule has 1 N–H and O–H groups in total. The Labute approximate surface area is 155 Å². The molecule has 0 spiro atoms. The second-order valence-electron chi connectivity index (χ2n) is 5.54. The second kappa shape index (κ2) is 7.68. The van der Waals surface area contributed by atoms with Crippen LogP contribution in [0.2, 0.25) is 10.0 Å². The van der Waals surface area contributed by atoms with Crippen molar-refractivity contribution in [2.24, 2.45) is 0 Å². The number of hydrogen-bond donors (Lipinski definition) is 1. The molecule has 0 saturated heterocycles. The molecule has 1 amide bonds. The van der Waals surface area contributed by atoms with E-state index in [1.54, 1.807) is 18.2 Å². The van der Waals surface area contributed by atoms with Gasteiger partial charge in [0.15, 0.2) is 0 Å². The molecule has 0 bridgehead atoms. The zero-order valence-electron chi connectivity index (χ0n) is 13.4. The molecule has 7 heteroatoms. The van der Waals surface area contributed by atoms with Crippen molar-refractivity contribution < 1.29 is 9.21 Å². The predicted octanol–water partition coefficient (Wildman–Crippen LogP) is 4.92. The van der Waals surface area contributed by atoms with Crippen molar-refractivity contribution in [2.45, 2.75) is 19.8 Å². The normalized spacial score (nSPS) is 10.7. The molecule has 128 valence electrons. The molecule has 0 atom stereocenters. The average Bonchev–Trinajstić information content (AvgIpc) is 3.06. The van der Waals surface area contributed by atoms with Crippen molar-refractivity contribution in [1.29, 1.82) is 0 Å². The first-order valence-electron chi connectivity index (χ1n) is 7.65. The molecule has 3 aromatic rings. The summed E-state index contributed by atoms with van der Waals surface area (Å²) >= 11 is 11.8. The van der Waals surface area contributed by atoms with Gasteiger partial charge in [-0.05, 0) is 37.3 Å². The summed E-state index contributed by atoms with van der Waals surface area (Å²) in [4.78, 5) is 12.0. The third-order valence-corrected chi connectivity index (χ3v) is 4.27. The lowest BCUT2D eigenvalue weighted by Crippen LogP contribution is -2.12. The van der Waals surface area contributed by atoms with Gasteiger partial charge in [-0.15, -0.1) is 10.2 Å². The quantitative estimate of drug-likeness (QED) is 0.686. The van der Waals surface area contributed by atoms with Gasteiger partial charge in [-0.1, -0.05) is 40.9 Å². The first-order valence-corrected chi connectivity index (χ1v) is 8.41. The fourth-order valence-electron chi connectivity index (χ4n) is 2.19. The van der Waals surface area contributed by atoms with E-state index in [9.17, 15) is 4.79 Å². The van der Waals surface area contributed by atoms with Gasteiger partial charge in [-0.25, -0.2) is 0 Å². The first kappa shape index (κ1) is 17.5. The van der Waals surface area contributed by atoms with Crippen LogP contribution in [0.15, 0.2) is 46.9 Å². The lowest BCUT2D eigenvalue weighted by atomic mass is 10.1. The fraction of sp³-hybridized carbons (Fsp3) is 0.167. The summed E-state index contributed by atoms with van der Waals surface area (Å²) < 4.78 is 5.60. The molecule has 5 nitrogen and oxygen atoms in total. The number of hydrogen-bond acceptors (Lipinski definition) is 4. The SMILES string of the molecule is Cc1ccc(-c2nnc(CCC(=O)Nc3ccc(Cl)c(Cl)c3)o2)cc1. The molecule has 25 heavy (non-hydrogen) atoms. The number of anilines is 1. The van der Waals surface area contributed by atoms with E-state index in [1.807, 2.05) is 31.2 Å². The van der Waals surface area contributed by atoms with Gasteiger partial charge in [-0.3, -0.25) is 4.79 Å².